The summed E-state index contributed by atoms with van der Waals surface area (Å²) in [6.07, 6.45) is 0. The van der Waals surface area contributed by atoms with Crippen molar-refractivity contribution in [3.63, 3.8) is 0 Å². The first-order valence-electron chi connectivity index (χ1n) is 5.17. The number of anilines is 2. The fourth-order valence-electron chi connectivity index (χ4n) is 1.21. The Hall–Kier alpha value is -2.53. The molecule has 0 saturated heterocycles. The maximum absolute atomic E-state index is 8.56. The quantitative estimate of drug-likeness (QED) is 0.610. The first-order chi connectivity index (χ1) is 8.17. The Balaban J connectivity index is 2.89. The van der Waals surface area contributed by atoms with E-state index in [1.165, 1.54) is 0 Å². The molecule has 0 saturated carbocycles. The third-order valence-electron chi connectivity index (χ3n) is 1.87. The molecule has 0 atom stereocenters. The first-order valence-corrected chi connectivity index (χ1v) is 5.17. The highest BCUT2D eigenvalue weighted by atomic mass is 15.3. The Bertz CT molecular complexity index is 474. The Morgan fingerprint density at radius 2 is 1.76 bits per heavy atom. The van der Waals surface area contributed by atoms with Gasteiger partial charge in [0, 0.05) is 6.04 Å². The molecule has 0 fully saturated rings. The number of nitrogens with zero attached hydrogens (tertiary/aromatic N) is 3. The van der Waals surface area contributed by atoms with Gasteiger partial charge in [0.25, 0.3) is 0 Å². The van der Waals surface area contributed by atoms with Gasteiger partial charge >= 0.3 is 0 Å². The molecule has 0 unspecified atom stereocenters. The van der Waals surface area contributed by atoms with E-state index in [0.717, 1.165) is 11.4 Å². The lowest BCUT2D eigenvalue weighted by molar-refractivity contribution is 0.900. The molecule has 0 heterocycles. The summed E-state index contributed by atoms with van der Waals surface area (Å²) in [6, 6.07) is 11.1. The minimum absolute atomic E-state index is 0.204. The third kappa shape index (κ3) is 3.84. The van der Waals surface area contributed by atoms with E-state index in [4.69, 9.17) is 10.5 Å². The minimum Gasteiger partial charge on any atom is -0.381 e. The van der Waals surface area contributed by atoms with Crippen LogP contribution in [0.4, 0.5) is 11.4 Å². The van der Waals surface area contributed by atoms with Crippen molar-refractivity contribution < 1.29 is 0 Å². The van der Waals surface area contributed by atoms with E-state index in [2.05, 4.69) is 15.8 Å². The van der Waals surface area contributed by atoms with Crippen molar-refractivity contribution in [3.8, 4) is 12.1 Å². The lowest BCUT2D eigenvalue weighted by Gasteiger charge is -2.13. The predicted molar refractivity (Wildman–Crippen MR) is 67.5 cm³/mol. The lowest BCUT2D eigenvalue weighted by atomic mass is 10.2. The Kier molecular flexibility index (Phi) is 4.53. The van der Waals surface area contributed by atoms with E-state index in [0.29, 0.717) is 0 Å². The molecule has 0 aromatic heterocycles. The van der Waals surface area contributed by atoms with Crippen LogP contribution in [0.5, 0.6) is 0 Å². The molecule has 0 spiro atoms. The fourth-order valence-corrected chi connectivity index (χ4v) is 1.21. The van der Waals surface area contributed by atoms with Crippen LogP contribution >= 0.6 is 0 Å². The van der Waals surface area contributed by atoms with Crippen LogP contribution in [0.25, 0.3) is 0 Å². The van der Waals surface area contributed by atoms with E-state index in [1.807, 2.05) is 38.1 Å². The molecule has 5 heteroatoms. The number of hydrogen-bond acceptors (Lipinski definition) is 5. The van der Waals surface area contributed by atoms with Crippen molar-refractivity contribution in [1.29, 1.82) is 10.5 Å². The zero-order valence-electron chi connectivity index (χ0n) is 9.73. The van der Waals surface area contributed by atoms with Crippen LogP contribution in [-0.2, 0) is 0 Å². The monoisotopic (exact) mass is 227 g/mol. The van der Waals surface area contributed by atoms with Gasteiger partial charge in [0.2, 0.25) is 5.71 Å². The summed E-state index contributed by atoms with van der Waals surface area (Å²) < 4.78 is 0. The number of rotatable bonds is 4. The van der Waals surface area contributed by atoms with E-state index in [-0.39, 0.29) is 11.8 Å². The molecule has 0 aliphatic rings. The largest absolute Gasteiger partial charge is 0.381 e. The molecule has 1 aromatic carbocycles. The first kappa shape index (κ1) is 12.5. The number of hydrogen-bond donors (Lipinski definition) is 2. The van der Waals surface area contributed by atoms with Crippen molar-refractivity contribution in [2.75, 3.05) is 10.7 Å². The highest BCUT2D eigenvalue weighted by Crippen LogP contribution is 2.21. The van der Waals surface area contributed by atoms with Gasteiger partial charge in [0.1, 0.15) is 12.1 Å². The predicted octanol–water partition coefficient (Wildman–Crippen LogP) is 2.32. The minimum atomic E-state index is -0.204. The molecule has 0 aliphatic carbocycles. The number of hydrazone groups is 1. The Morgan fingerprint density at radius 1 is 1.18 bits per heavy atom. The van der Waals surface area contributed by atoms with Gasteiger partial charge in [-0.3, -0.25) is 5.43 Å². The summed E-state index contributed by atoms with van der Waals surface area (Å²) in [5.41, 5.74) is 4.10. The molecule has 1 rings (SSSR count). The molecular formula is C12H13N5. The fraction of sp³-hybridized carbons (Fsp3) is 0.250. The third-order valence-corrected chi connectivity index (χ3v) is 1.87. The van der Waals surface area contributed by atoms with Crippen molar-refractivity contribution >= 4 is 17.1 Å². The van der Waals surface area contributed by atoms with Crippen molar-refractivity contribution in [2.24, 2.45) is 5.10 Å². The normalized spacial score (nSPS) is 9.00. The standard InChI is InChI=1S/C12H13N5/c1-9(2)15-11-5-3-4-6-12(11)17-16-10(7-13)8-14/h3-6,9,15,17H,1-2H3. The Morgan fingerprint density at radius 3 is 2.29 bits per heavy atom. The molecule has 5 nitrogen and oxygen atoms in total. The van der Waals surface area contributed by atoms with Gasteiger partial charge in [-0.25, -0.2) is 0 Å². The van der Waals surface area contributed by atoms with E-state index in [9.17, 15) is 0 Å². The number of nitriles is 2. The summed E-state index contributed by atoms with van der Waals surface area (Å²) in [4.78, 5) is 0. The van der Waals surface area contributed by atoms with Gasteiger partial charge in [0.05, 0.1) is 11.4 Å². The van der Waals surface area contributed by atoms with E-state index >= 15 is 0 Å². The molecule has 0 amide bonds. The molecule has 0 bridgehead atoms. The average Bonchev–Trinajstić information content (AvgIpc) is 2.31. The zero-order chi connectivity index (χ0) is 12.7. The van der Waals surface area contributed by atoms with Gasteiger partial charge in [-0.2, -0.15) is 15.6 Å². The average molecular weight is 227 g/mol. The summed E-state index contributed by atoms with van der Waals surface area (Å²) in [5.74, 6) is 0. The van der Waals surface area contributed by atoms with Crippen LogP contribution < -0.4 is 10.7 Å². The molecular weight excluding hydrogens is 214 g/mol. The maximum Gasteiger partial charge on any atom is 0.237 e. The molecule has 1 aromatic rings. The van der Waals surface area contributed by atoms with Gasteiger partial charge in [0.15, 0.2) is 0 Å². The molecule has 0 aliphatic heterocycles. The SMILES string of the molecule is CC(C)Nc1ccccc1NN=C(C#N)C#N. The lowest BCUT2D eigenvalue weighted by Crippen LogP contribution is -2.11. The number of nitrogens with one attached hydrogen (secondary N) is 2. The molecule has 86 valence electrons. The second-order valence-corrected chi connectivity index (χ2v) is 3.64. The molecule has 17 heavy (non-hydrogen) atoms. The van der Waals surface area contributed by atoms with Gasteiger partial charge in [-0.05, 0) is 26.0 Å². The van der Waals surface area contributed by atoms with Gasteiger partial charge in [-0.1, -0.05) is 12.1 Å². The van der Waals surface area contributed by atoms with Gasteiger partial charge in [-0.15, -0.1) is 0 Å². The van der Waals surface area contributed by atoms with Crippen LogP contribution in [0.2, 0.25) is 0 Å². The van der Waals surface area contributed by atoms with Crippen LogP contribution in [0.3, 0.4) is 0 Å². The highest BCUT2D eigenvalue weighted by molar-refractivity contribution is 6.10. The van der Waals surface area contributed by atoms with Crippen LogP contribution in [0, 0.1) is 22.7 Å². The number of para-hydroxylation sites is 2. The molecule has 2 N–H and O–H groups in total. The highest BCUT2D eigenvalue weighted by Gasteiger charge is 2.02. The summed E-state index contributed by atoms with van der Waals surface area (Å²) in [6.45, 7) is 4.05. The van der Waals surface area contributed by atoms with E-state index in [1.54, 1.807) is 12.1 Å². The topological polar surface area (TPSA) is 84.0 Å². The zero-order valence-corrected chi connectivity index (χ0v) is 9.73. The molecule has 0 radical (unpaired) electrons. The van der Waals surface area contributed by atoms with Crippen LogP contribution in [-0.4, -0.2) is 11.8 Å². The van der Waals surface area contributed by atoms with Crippen molar-refractivity contribution in [3.05, 3.63) is 24.3 Å². The van der Waals surface area contributed by atoms with E-state index < -0.39 is 0 Å². The second-order valence-electron chi connectivity index (χ2n) is 3.64. The summed E-state index contributed by atoms with van der Waals surface area (Å²) in [5, 5.41) is 24.1. The van der Waals surface area contributed by atoms with Crippen LogP contribution in [0.1, 0.15) is 13.8 Å². The Labute approximate surface area is 100 Å². The summed E-state index contributed by atoms with van der Waals surface area (Å²) in [7, 11) is 0. The maximum atomic E-state index is 8.56. The van der Waals surface area contributed by atoms with Crippen molar-refractivity contribution in [1.82, 2.24) is 0 Å². The second kappa shape index (κ2) is 6.14. The van der Waals surface area contributed by atoms with Crippen LogP contribution in [0.15, 0.2) is 29.4 Å². The smallest absolute Gasteiger partial charge is 0.237 e. The van der Waals surface area contributed by atoms with Gasteiger partial charge < -0.3 is 5.32 Å². The summed E-state index contributed by atoms with van der Waals surface area (Å²) >= 11 is 0. The van der Waals surface area contributed by atoms with Crippen molar-refractivity contribution in [2.45, 2.75) is 19.9 Å². The number of benzene rings is 1.